The fourth-order valence-electron chi connectivity index (χ4n) is 2.09. The summed E-state index contributed by atoms with van der Waals surface area (Å²) < 4.78 is 0. The van der Waals surface area contributed by atoms with Crippen LogP contribution in [-0.4, -0.2) is 19.0 Å². The van der Waals surface area contributed by atoms with Crippen molar-refractivity contribution < 1.29 is 4.79 Å². The first kappa shape index (κ1) is 11.1. The van der Waals surface area contributed by atoms with Crippen LogP contribution in [0, 0.1) is 5.92 Å². The summed E-state index contributed by atoms with van der Waals surface area (Å²) in [5.41, 5.74) is 7.63. The highest BCUT2D eigenvalue weighted by Crippen LogP contribution is 2.46. The second kappa shape index (κ2) is 4.66. The first-order valence-electron chi connectivity index (χ1n) is 5.84. The quantitative estimate of drug-likeness (QED) is 0.804. The highest BCUT2D eigenvalue weighted by Gasteiger charge is 2.36. The minimum atomic E-state index is 0.00861. The molecular weight excluding hydrogens is 200 g/mol. The molecule has 2 rings (SSSR count). The normalized spacial score (nSPS) is 22.9. The Morgan fingerprint density at radius 3 is 3.00 bits per heavy atom. The number of amides is 1. The Balaban J connectivity index is 2.11. The number of rotatable bonds is 4. The molecule has 0 aromatic heterocycles. The fraction of sp³-hybridized carbons (Fsp3) is 0.462. The molecule has 0 heterocycles. The van der Waals surface area contributed by atoms with Crippen LogP contribution < -0.4 is 11.1 Å². The summed E-state index contributed by atoms with van der Waals surface area (Å²) in [4.78, 5) is 11.7. The van der Waals surface area contributed by atoms with E-state index in [2.05, 4.69) is 11.4 Å². The fourth-order valence-corrected chi connectivity index (χ4v) is 2.09. The van der Waals surface area contributed by atoms with E-state index in [-0.39, 0.29) is 5.91 Å². The van der Waals surface area contributed by atoms with Gasteiger partial charge in [0, 0.05) is 12.1 Å². The van der Waals surface area contributed by atoms with Crippen LogP contribution in [0.1, 0.15) is 35.2 Å². The molecule has 1 aliphatic rings. The van der Waals surface area contributed by atoms with E-state index in [1.54, 1.807) is 0 Å². The molecule has 0 spiro atoms. The highest BCUT2D eigenvalue weighted by atomic mass is 16.1. The second-order valence-corrected chi connectivity index (χ2v) is 4.32. The monoisotopic (exact) mass is 218 g/mol. The number of hydrogen-bond acceptors (Lipinski definition) is 2. The molecule has 86 valence electrons. The lowest BCUT2D eigenvalue weighted by Crippen LogP contribution is -2.22. The largest absolute Gasteiger partial charge is 0.352 e. The Labute approximate surface area is 96.0 Å². The third kappa shape index (κ3) is 2.25. The summed E-state index contributed by atoms with van der Waals surface area (Å²) in [7, 11) is 0. The summed E-state index contributed by atoms with van der Waals surface area (Å²) in [6.07, 6.45) is 1.16. The minimum absolute atomic E-state index is 0.00861. The van der Waals surface area contributed by atoms with E-state index >= 15 is 0 Å². The Bertz CT molecular complexity index is 389. The van der Waals surface area contributed by atoms with E-state index in [0.717, 1.165) is 18.5 Å². The van der Waals surface area contributed by atoms with Crippen LogP contribution >= 0.6 is 0 Å². The zero-order valence-electron chi connectivity index (χ0n) is 9.57. The van der Waals surface area contributed by atoms with E-state index in [1.807, 2.05) is 25.1 Å². The smallest absolute Gasteiger partial charge is 0.251 e. The van der Waals surface area contributed by atoms with Crippen molar-refractivity contribution in [3.63, 3.8) is 0 Å². The lowest BCUT2D eigenvalue weighted by Gasteiger charge is -2.05. The summed E-state index contributed by atoms with van der Waals surface area (Å²) >= 11 is 0. The van der Waals surface area contributed by atoms with Crippen LogP contribution in [0.4, 0.5) is 0 Å². The molecule has 0 saturated heterocycles. The summed E-state index contributed by atoms with van der Waals surface area (Å²) in [5, 5.41) is 2.81. The SMILES string of the molecule is CCNC(=O)c1cccc(C2CC2CN)c1. The van der Waals surface area contributed by atoms with Crippen molar-refractivity contribution in [3.8, 4) is 0 Å². The van der Waals surface area contributed by atoms with Crippen molar-refractivity contribution in [2.75, 3.05) is 13.1 Å². The van der Waals surface area contributed by atoms with Gasteiger partial charge in [0.2, 0.25) is 0 Å². The maximum absolute atomic E-state index is 11.7. The average Bonchev–Trinajstić information content (AvgIpc) is 3.09. The molecule has 1 aromatic carbocycles. The third-order valence-corrected chi connectivity index (χ3v) is 3.14. The van der Waals surface area contributed by atoms with Gasteiger partial charge in [-0.15, -0.1) is 0 Å². The van der Waals surface area contributed by atoms with Gasteiger partial charge in [-0.2, -0.15) is 0 Å². The van der Waals surface area contributed by atoms with Gasteiger partial charge in [0.15, 0.2) is 0 Å². The van der Waals surface area contributed by atoms with E-state index in [4.69, 9.17) is 5.73 Å². The van der Waals surface area contributed by atoms with Crippen LogP contribution in [0.15, 0.2) is 24.3 Å². The number of benzene rings is 1. The van der Waals surface area contributed by atoms with Gasteiger partial charge in [-0.1, -0.05) is 12.1 Å². The standard InChI is InChI=1S/C13H18N2O/c1-2-15-13(16)10-5-3-4-9(6-10)12-7-11(12)8-14/h3-6,11-12H,2,7-8,14H2,1H3,(H,15,16). The molecule has 0 radical (unpaired) electrons. The molecule has 0 aliphatic heterocycles. The first-order chi connectivity index (χ1) is 7.76. The zero-order chi connectivity index (χ0) is 11.5. The number of nitrogens with one attached hydrogen (secondary N) is 1. The van der Waals surface area contributed by atoms with Crippen LogP contribution in [0.25, 0.3) is 0 Å². The molecule has 3 N–H and O–H groups in total. The lowest BCUT2D eigenvalue weighted by atomic mass is 10.1. The molecule has 3 heteroatoms. The van der Waals surface area contributed by atoms with Crippen molar-refractivity contribution in [1.29, 1.82) is 0 Å². The van der Waals surface area contributed by atoms with Crippen molar-refractivity contribution in [2.24, 2.45) is 11.7 Å². The summed E-state index contributed by atoms with van der Waals surface area (Å²) in [6, 6.07) is 7.88. The molecule has 1 amide bonds. The Hall–Kier alpha value is -1.35. The molecule has 1 aliphatic carbocycles. The Kier molecular flexibility index (Phi) is 3.25. The van der Waals surface area contributed by atoms with Gasteiger partial charge in [-0.05, 0) is 49.4 Å². The Morgan fingerprint density at radius 2 is 2.38 bits per heavy atom. The van der Waals surface area contributed by atoms with Crippen molar-refractivity contribution in [1.82, 2.24) is 5.32 Å². The molecule has 3 nitrogen and oxygen atoms in total. The molecule has 2 unspecified atom stereocenters. The summed E-state index contributed by atoms with van der Waals surface area (Å²) in [6.45, 7) is 3.33. The van der Waals surface area contributed by atoms with Crippen molar-refractivity contribution >= 4 is 5.91 Å². The molecule has 1 fully saturated rings. The van der Waals surface area contributed by atoms with Gasteiger partial charge in [-0.25, -0.2) is 0 Å². The van der Waals surface area contributed by atoms with Crippen LogP contribution in [0.3, 0.4) is 0 Å². The molecule has 1 aromatic rings. The molecule has 1 saturated carbocycles. The van der Waals surface area contributed by atoms with Gasteiger partial charge in [0.05, 0.1) is 0 Å². The van der Waals surface area contributed by atoms with Crippen LogP contribution in [0.2, 0.25) is 0 Å². The predicted octanol–water partition coefficient (Wildman–Crippen LogP) is 1.50. The third-order valence-electron chi connectivity index (χ3n) is 3.14. The van der Waals surface area contributed by atoms with E-state index < -0.39 is 0 Å². The maximum atomic E-state index is 11.7. The van der Waals surface area contributed by atoms with E-state index in [0.29, 0.717) is 18.4 Å². The maximum Gasteiger partial charge on any atom is 0.251 e. The average molecular weight is 218 g/mol. The van der Waals surface area contributed by atoms with Gasteiger partial charge in [-0.3, -0.25) is 4.79 Å². The van der Waals surface area contributed by atoms with Gasteiger partial charge < -0.3 is 11.1 Å². The van der Waals surface area contributed by atoms with Crippen molar-refractivity contribution in [3.05, 3.63) is 35.4 Å². The minimum Gasteiger partial charge on any atom is -0.352 e. The number of hydrogen-bond donors (Lipinski definition) is 2. The predicted molar refractivity (Wildman–Crippen MR) is 64.4 cm³/mol. The topological polar surface area (TPSA) is 55.1 Å². The van der Waals surface area contributed by atoms with E-state index in [9.17, 15) is 4.79 Å². The van der Waals surface area contributed by atoms with Crippen LogP contribution in [-0.2, 0) is 0 Å². The Morgan fingerprint density at radius 1 is 1.56 bits per heavy atom. The molecule has 16 heavy (non-hydrogen) atoms. The summed E-state index contributed by atoms with van der Waals surface area (Å²) in [5.74, 6) is 1.19. The van der Waals surface area contributed by atoms with Gasteiger partial charge in [0.25, 0.3) is 5.91 Å². The van der Waals surface area contributed by atoms with Gasteiger partial charge >= 0.3 is 0 Å². The zero-order valence-corrected chi connectivity index (χ0v) is 9.57. The number of carbonyl (C=O) groups excluding carboxylic acids is 1. The van der Waals surface area contributed by atoms with Crippen molar-refractivity contribution in [2.45, 2.75) is 19.3 Å². The number of carbonyl (C=O) groups is 1. The lowest BCUT2D eigenvalue weighted by molar-refractivity contribution is 0.0955. The highest BCUT2D eigenvalue weighted by molar-refractivity contribution is 5.94. The molecule has 2 atom stereocenters. The first-order valence-corrected chi connectivity index (χ1v) is 5.84. The second-order valence-electron chi connectivity index (χ2n) is 4.32. The molecular formula is C13H18N2O. The van der Waals surface area contributed by atoms with Crippen LogP contribution in [0.5, 0.6) is 0 Å². The van der Waals surface area contributed by atoms with Gasteiger partial charge in [0.1, 0.15) is 0 Å². The molecule has 0 bridgehead atoms. The number of nitrogens with two attached hydrogens (primary N) is 1. The van der Waals surface area contributed by atoms with E-state index in [1.165, 1.54) is 5.56 Å².